The number of rotatable bonds is 9. The average Bonchev–Trinajstić information content (AvgIpc) is 3.22. The van der Waals surface area contributed by atoms with Crippen LogP contribution in [0.5, 0.6) is 0 Å². The molecule has 1 atom stereocenters. The van der Waals surface area contributed by atoms with Gasteiger partial charge in [-0.15, -0.1) is 10.2 Å². The van der Waals surface area contributed by atoms with Crippen LogP contribution in [0.1, 0.15) is 41.6 Å². The number of carbonyl (C=O) groups excluding carboxylic acids is 2. The maximum atomic E-state index is 13.9. The van der Waals surface area contributed by atoms with E-state index in [9.17, 15) is 24.1 Å². The van der Waals surface area contributed by atoms with Gasteiger partial charge in [-0.05, 0) is 39.0 Å². The molecule has 178 valence electrons. The van der Waals surface area contributed by atoms with Crippen LogP contribution >= 0.6 is 11.8 Å². The third-order valence-electron chi connectivity index (χ3n) is 4.94. The standard InChI is InChI=1S/C22H23FN6O4S/c1-4-28-20(14(3)24-21(31)16-7-5-6-8-17(16)23)26-27-22(28)34-12-19(30)25-15-10-9-13(2)18(11-15)29(32)33/h5-11,14H,4,12H2,1-3H3,(H,24,31)(H,25,30). The molecular weight excluding hydrogens is 463 g/mol. The van der Waals surface area contributed by atoms with Crippen molar-refractivity contribution in [3.8, 4) is 0 Å². The SMILES string of the molecule is CCn1c(SCC(=O)Nc2ccc(C)c([N+](=O)[O-])c2)nnc1C(C)NC(=O)c1ccccc1F. The highest BCUT2D eigenvalue weighted by atomic mass is 32.2. The summed E-state index contributed by atoms with van der Waals surface area (Å²) in [5.41, 5.74) is 0.675. The lowest BCUT2D eigenvalue weighted by molar-refractivity contribution is -0.385. The quantitative estimate of drug-likeness (QED) is 0.266. The van der Waals surface area contributed by atoms with Crippen LogP contribution in [0.2, 0.25) is 0 Å². The number of halogens is 1. The van der Waals surface area contributed by atoms with E-state index >= 15 is 0 Å². The molecule has 0 fully saturated rings. The Hall–Kier alpha value is -3.80. The highest BCUT2D eigenvalue weighted by Crippen LogP contribution is 2.24. The number of nitrogens with one attached hydrogen (secondary N) is 2. The van der Waals surface area contributed by atoms with Crippen LogP contribution < -0.4 is 10.6 Å². The molecule has 2 aromatic carbocycles. The number of carbonyl (C=O) groups is 2. The molecule has 2 N–H and O–H groups in total. The van der Waals surface area contributed by atoms with Crippen LogP contribution in [0, 0.1) is 22.9 Å². The first-order valence-electron chi connectivity index (χ1n) is 10.4. The van der Waals surface area contributed by atoms with Crippen LogP contribution in [-0.4, -0.2) is 37.3 Å². The Morgan fingerprint density at radius 2 is 1.97 bits per heavy atom. The minimum Gasteiger partial charge on any atom is -0.342 e. The number of aromatic nitrogens is 3. The van der Waals surface area contributed by atoms with Crippen LogP contribution in [0.15, 0.2) is 47.6 Å². The lowest BCUT2D eigenvalue weighted by Crippen LogP contribution is -2.29. The Labute approximate surface area is 199 Å². The summed E-state index contributed by atoms with van der Waals surface area (Å²) in [6.07, 6.45) is 0. The average molecular weight is 487 g/mol. The van der Waals surface area contributed by atoms with Gasteiger partial charge in [0.25, 0.3) is 11.6 Å². The van der Waals surface area contributed by atoms with E-state index in [0.717, 1.165) is 11.8 Å². The zero-order valence-corrected chi connectivity index (χ0v) is 19.6. The predicted molar refractivity (Wildman–Crippen MR) is 125 cm³/mol. The topological polar surface area (TPSA) is 132 Å². The van der Waals surface area contributed by atoms with Crippen molar-refractivity contribution >= 4 is 35.0 Å². The fourth-order valence-corrected chi connectivity index (χ4v) is 4.03. The lowest BCUT2D eigenvalue weighted by atomic mass is 10.2. The third kappa shape index (κ3) is 5.76. The number of hydrogen-bond acceptors (Lipinski definition) is 7. The first-order chi connectivity index (χ1) is 16.2. The van der Waals surface area contributed by atoms with Crippen LogP contribution in [0.4, 0.5) is 15.8 Å². The van der Waals surface area contributed by atoms with Crippen molar-refractivity contribution in [3.63, 3.8) is 0 Å². The Morgan fingerprint density at radius 3 is 2.65 bits per heavy atom. The predicted octanol–water partition coefficient (Wildman–Crippen LogP) is 3.88. The number of benzene rings is 2. The molecule has 0 radical (unpaired) electrons. The van der Waals surface area contributed by atoms with Gasteiger partial charge in [0, 0.05) is 23.9 Å². The molecule has 10 nitrogen and oxygen atoms in total. The molecule has 0 bridgehead atoms. The van der Waals surface area contributed by atoms with Crippen LogP contribution in [0.3, 0.4) is 0 Å². The van der Waals surface area contributed by atoms with Gasteiger partial charge in [-0.1, -0.05) is 30.0 Å². The van der Waals surface area contributed by atoms with Gasteiger partial charge in [-0.3, -0.25) is 19.7 Å². The minimum atomic E-state index is -0.620. The second kappa shape index (κ2) is 10.9. The monoisotopic (exact) mass is 486 g/mol. The van der Waals surface area contributed by atoms with Gasteiger partial charge in [0.05, 0.1) is 22.3 Å². The summed E-state index contributed by atoms with van der Waals surface area (Å²) in [6.45, 7) is 5.68. The van der Waals surface area contributed by atoms with Crippen molar-refractivity contribution in [1.82, 2.24) is 20.1 Å². The maximum absolute atomic E-state index is 13.9. The molecule has 0 aliphatic heterocycles. The van der Waals surface area contributed by atoms with Crippen LogP contribution in [0.25, 0.3) is 0 Å². The second-order valence-electron chi connectivity index (χ2n) is 7.36. The summed E-state index contributed by atoms with van der Waals surface area (Å²) >= 11 is 1.14. The maximum Gasteiger partial charge on any atom is 0.274 e. The summed E-state index contributed by atoms with van der Waals surface area (Å²) in [5.74, 6) is -1.10. The molecule has 3 aromatic rings. The normalized spacial score (nSPS) is 11.6. The van der Waals surface area contributed by atoms with E-state index in [2.05, 4.69) is 20.8 Å². The molecule has 34 heavy (non-hydrogen) atoms. The zero-order chi connectivity index (χ0) is 24.8. The molecule has 0 spiro atoms. The van der Waals surface area contributed by atoms with E-state index < -0.39 is 22.7 Å². The minimum absolute atomic E-state index is 0.00419. The molecule has 1 aromatic heterocycles. The first kappa shape index (κ1) is 24.8. The number of nitrogens with zero attached hydrogens (tertiary/aromatic N) is 4. The highest BCUT2D eigenvalue weighted by molar-refractivity contribution is 7.99. The summed E-state index contributed by atoms with van der Waals surface area (Å²) in [4.78, 5) is 35.4. The fraction of sp³-hybridized carbons (Fsp3) is 0.273. The number of aryl methyl sites for hydroxylation is 1. The number of anilines is 1. The van der Waals surface area contributed by atoms with Crippen molar-refractivity contribution in [2.75, 3.05) is 11.1 Å². The molecular formula is C22H23FN6O4S. The molecule has 3 rings (SSSR count). The van der Waals surface area contributed by atoms with Gasteiger partial charge in [0.1, 0.15) is 5.82 Å². The Bertz CT molecular complexity index is 1230. The number of nitro groups is 1. The van der Waals surface area contributed by atoms with Crippen molar-refractivity contribution in [2.45, 2.75) is 38.5 Å². The second-order valence-corrected chi connectivity index (χ2v) is 8.30. The van der Waals surface area contributed by atoms with Crippen LogP contribution in [-0.2, 0) is 11.3 Å². The molecule has 0 aliphatic rings. The Morgan fingerprint density at radius 1 is 1.24 bits per heavy atom. The molecule has 1 heterocycles. The number of hydrogen-bond donors (Lipinski definition) is 2. The molecule has 1 unspecified atom stereocenters. The fourth-order valence-electron chi connectivity index (χ4n) is 3.22. The molecule has 0 saturated carbocycles. The number of amides is 2. The van der Waals surface area contributed by atoms with Gasteiger partial charge in [-0.25, -0.2) is 4.39 Å². The lowest BCUT2D eigenvalue weighted by Gasteiger charge is -2.15. The van der Waals surface area contributed by atoms with Gasteiger partial charge in [-0.2, -0.15) is 0 Å². The highest BCUT2D eigenvalue weighted by Gasteiger charge is 2.21. The van der Waals surface area contributed by atoms with Gasteiger partial charge < -0.3 is 15.2 Å². The summed E-state index contributed by atoms with van der Waals surface area (Å²) in [6, 6.07) is 9.60. The Kier molecular flexibility index (Phi) is 7.95. The van der Waals surface area contributed by atoms with Crippen molar-refractivity contribution in [2.24, 2.45) is 0 Å². The molecule has 0 aliphatic carbocycles. The molecule has 0 saturated heterocycles. The van der Waals surface area contributed by atoms with Crippen molar-refractivity contribution in [1.29, 1.82) is 0 Å². The molecule has 12 heteroatoms. The first-order valence-corrected chi connectivity index (χ1v) is 11.4. The largest absolute Gasteiger partial charge is 0.342 e. The summed E-state index contributed by atoms with van der Waals surface area (Å²) < 4.78 is 15.6. The third-order valence-corrected chi connectivity index (χ3v) is 5.90. The summed E-state index contributed by atoms with van der Waals surface area (Å²) in [7, 11) is 0. The van der Waals surface area contributed by atoms with E-state index in [1.165, 1.54) is 24.3 Å². The number of thioether (sulfide) groups is 1. The Balaban J connectivity index is 1.64. The van der Waals surface area contributed by atoms with E-state index in [-0.39, 0.29) is 22.9 Å². The zero-order valence-electron chi connectivity index (χ0n) is 18.7. The van der Waals surface area contributed by atoms with Gasteiger partial charge >= 0.3 is 0 Å². The number of nitro benzene ring substituents is 1. The summed E-state index contributed by atoms with van der Waals surface area (Å²) in [5, 5.41) is 25.2. The van der Waals surface area contributed by atoms with Gasteiger partial charge in [0.15, 0.2) is 11.0 Å². The van der Waals surface area contributed by atoms with E-state index in [4.69, 9.17) is 0 Å². The van der Waals surface area contributed by atoms with E-state index in [0.29, 0.717) is 28.8 Å². The van der Waals surface area contributed by atoms with Gasteiger partial charge in [0.2, 0.25) is 5.91 Å². The smallest absolute Gasteiger partial charge is 0.274 e. The van der Waals surface area contributed by atoms with Crippen molar-refractivity contribution in [3.05, 3.63) is 75.3 Å². The van der Waals surface area contributed by atoms with E-state index in [1.807, 2.05) is 6.92 Å². The molecule has 2 amide bonds. The van der Waals surface area contributed by atoms with Crippen molar-refractivity contribution < 1.29 is 18.9 Å². The van der Waals surface area contributed by atoms with E-state index in [1.54, 1.807) is 36.6 Å².